The molecule has 2 aromatic heterocycles. The average Bonchev–Trinajstić information content (AvgIpc) is 3.44. The number of piperazine rings is 1. The molecule has 0 N–H and O–H groups in total. The number of methoxy groups -OCH3 is 1. The first-order valence-corrected chi connectivity index (χ1v) is 10.9. The van der Waals surface area contributed by atoms with Gasteiger partial charge in [0.1, 0.15) is 17.1 Å². The van der Waals surface area contributed by atoms with Crippen molar-refractivity contribution < 1.29 is 13.9 Å². The molecule has 3 heterocycles. The summed E-state index contributed by atoms with van der Waals surface area (Å²) in [5, 5.41) is 3.67. The molecule has 1 fully saturated rings. The normalized spacial score (nSPS) is 14.9. The van der Waals surface area contributed by atoms with E-state index in [1.807, 2.05) is 35.9 Å². The maximum atomic E-state index is 5.82. The van der Waals surface area contributed by atoms with Gasteiger partial charge < -0.3 is 18.8 Å². The van der Waals surface area contributed by atoms with Crippen LogP contribution in [-0.4, -0.2) is 43.2 Å². The summed E-state index contributed by atoms with van der Waals surface area (Å²) in [6.07, 6.45) is 3.60. The molecule has 2 aromatic carbocycles. The fourth-order valence-electron chi connectivity index (χ4n) is 3.81. The predicted molar refractivity (Wildman–Crippen MR) is 119 cm³/mol. The number of benzene rings is 2. The smallest absolute Gasteiger partial charge is 0.278 e. The van der Waals surface area contributed by atoms with Crippen molar-refractivity contribution >= 4 is 28.0 Å². The van der Waals surface area contributed by atoms with E-state index >= 15 is 0 Å². The van der Waals surface area contributed by atoms with Crippen LogP contribution in [0.4, 0.5) is 5.69 Å². The Hall–Kier alpha value is -3.03. The van der Waals surface area contributed by atoms with E-state index in [1.165, 1.54) is 22.6 Å². The van der Waals surface area contributed by atoms with Crippen molar-refractivity contribution in [3.63, 3.8) is 0 Å². The van der Waals surface area contributed by atoms with Crippen LogP contribution in [0.25, 0.3) is 11.0 Å². The minimum absolute atomic E-state index is 0.635. The van der Waals surface area contributed by atoms with Crippen LogP contribution in [0.1, 0.15) is 5.56 Å². The number of thiazole rings is 1. The molecule has 0 saturated carbocycles. The Morgan fingerprint density at radius 1 is 1.03 bits per heavy atom. The highest BCUT2D eigenvalue weighted by atomic mass is 32.1. The Morgan fingerprint density at radius 3 is 2.57 bits per heavy atom. The van der Waals surface area contributed by atoms with Gasteiger partial charge in [0.05, 0.1) is 13.4 Å². The van der Waals surface area contributed by atoms with E-state index in [4.69, 9.17) is 13.9 Å². The quantitative estimate of drug-likeness (QED) is 0.436. The lowest BCUT2D eigenvalue weighted by Crippen LogP contribution is -2.45. The van der Waals surface area contributed by atoms with Crippen molar-refractivity contribution in [3.05, 3.63) is 65.9 Å². The number of furan rings is 1. The SMILES string of the molecule is COc1ccc(N2CCN(Cc3coc4cc(Oc5nccs5)ccc34)CC2)cc1. The van der Waals surface area contributed by atoms with Gasteiger partial charge in [0.25, 0.3) is 5.19 Å². The minimum Gasteiger partial charge on any atom is -0.497 e. The fraction of sp³-hybridized carbons (Fsp3) is 0.261. The molecule has 0 amide bonds. The molecule has 1 aliphatic heterocycles. The summed E-state index contributed by atoms with van der Waals surface area (Å²) < 4.78 is 16.8. The van der Waals surface area contributed by atoms with Gasteiger partial charge in [-0.25, -0.2) is 4.98 Å². The number of fused-ring (bicyclic) bond motifs is 1. The molecular weight excluding hydrogens is 398 g/mol. The van der Waals surface area contributed by atoms with Crippen LogP contribution in [0.5, 0.6) is 16.7 Å². The Morgan fingerprint density at radius 2 is 1.83 bits per heavy atom. The molecule has 1 aliphatic rings. The average molecular weight is 422 g/mol. The highest BCUT2D eigenvalue weighted by Crippen LogP contribution is 2.30. The van der Waals surface area contributed by atoms with Crippen LogP contribution in [-0.2, 0) is 6.54 Å². The van der Waals surface area contributed by atoms with E-state index in [1.54, 1.807) is 13.3 Å². The van der Waals surface area contributed by atoms with Crippen molar-refractivity contribution in [1.29, 1.82) is 0 Å². The van der Waals surface area contributed by atoms with E-state index in [2.05, 4.69) is 33.0 Å². The predicted octanol–water partition coefficient (Wildman–Crippen LogP) is 5.01. The maximum absolute atomic E-state index is 5.82. The zero-order valence-corrected chi connectivity index (χ0v) is 17.6. The minimum atomic E-state index is 0.635. The van der Waals surface area contributed by atoms with Gasteiger partial charge in [0.2, 0.25) is 0 Å². The molecular formula is C23H23N3O3S. The number of ether oxygens (including phenoxy) is 2. The van der Waals surface area contributed by atoms with Gasteiger partial charge in [-0.3, -0.25) is 4.90 Å². The van der Waals surface area contributed by atoms with E-state index < -0.39 is 0 Å². The summed E-state index contributed by atoms with van der Waals surface area (Å²) in [7, 11) is 1.70. The fourth-order valence-corrected chi connectivity index (χ4v) is 4.31. The number of anilines is 1. The van der Waals surface area contributed by atoms with Crippen molar-refractivity contribution in [3.8, 4) is 16.7 Å². The molecule has 0 unspecified atom stereocenters. The summed E-state index contributed by atoms with van der Waals surface area (Å²) in [6.45, 7) is 4.94. The van der Waals surface area contributed by atoms with Gasteiger partial charge in [-0.1, -0.05) is 11.3 Å². The molecule has 0 radical (unpaired) electrons. The van der Waals surface area contributed by atoms with Crippen molar-refractivity contribution in [2.45, 2.75) is 6.54 Å². The van der Waals surface area contributed by atoms with Crippen LogP contribution in [0.15, 0.2) is 64.7 Å². The molecule has 5 rings (SSSR count). The third-order valence-corrected chi connectivity index (χ3v) is 6.09. The Balaban J connectivity index is 1.22. The van der Waals surface area contributed by atoms with Crippen LogP contribution in [0.2, 0.25) is 0 Å². The van der Waals surface area contributed by atoms with Crippen LogP contribution >= 0.6 is 11.3 Å². The van der Waals surface area contributed by atoms with Gasteiger partial charge >= 0.3 is 0 Å². The third kappa shape index (κ3) is 3.99. The van der Waals surface area contributed by atoms with E-state index in [9.17, 15) is 0 Å². The van der Waals surface area contributed by atoms with Gasteiger partial charge in [-0.05, 0) is 36.4 Å². The monoisotopic (exact) mass is 421 g/mol. The molecule has 0 aliphatic carbocycles. The van der Waals surface area contributed by atoms with Crippen LogP contribution < -0.4 is 14.4 Å². The molecule has 0 spiro atoms. The van der Waals surface area contributed by atoms with Crippen LogP contribution in [0.3, 0.4) is 0 Å². The first-order chi connectivity index (χ1) is 14.8. The van der Waals surface area contributed by atoms with Crippen molar-refractivity contribution in [2.24, 2.45) is 0 Å². The molecule has 30 heavy (non-hydrogen) atoms. The Labute approximate surface area is 179 Å². The van der Waals surface area contributed by atoms with E-state index in [0.717, 1.165) is 55.2 Å². The maximum Gasteiger partial charge on any atom is 0.278 e. The largest absolute Gasteiger partial charge is 0.497 e. The zero-order valence-electron chi connectivity index (χ0n) is 16.8. The lowest BCUT2D eigenvalue weighted by atomic mass is 10.1. The molecule has 4 aromatic rings. The molecule has 1 saturated heterocycles. The van der Waals surface area contributed by atoms with Gasteiger partial charge in [0.15, 0.2) is 0 Å². The number of nitrogens with zero attached hydrogens (tertiary/aromatic N) is 3. The zero-order chi connectivity index (χ0) is 20.3. The first-order valence-electron chi connectivity index (χ1n) is 9.97. The number of hydrogen-bond donors (Lipinski definition) is 0. The Bertz CT molecular complexity index is 1100. The van der Waals surface area contributed by atoms with Gasteiger partial charge in [-0.15, -0.1) is 0 Å². The summed E-state index contributed by atoms with van der Waals surface area (Å²) in [6, 6.07) is 14.3. The van der Waals surface area contributed by atoms with Gasteiger partial charge in [0, 0.05) is 67.0 Å². The summed E-state index contributed by atoms with van der Waals surface area (Å²) in [5.74, 6) is 1.64. The lowest BCUT2D eigenvalue weighted by Gasteiger charge is -2.36. The third-order valence-electron chi connectivity index (χ3n) is 5.45. The second-order valence-corrected chi connectivity index (χ2v) is 8.14. The van der Waals surface area contributed by atoms with Crippen LogP contribution in [0, 0.1) is 0 Å². The number of rotatable bonds is 6. The van der Waals surface area contributed by atoms with E-state index in [0.29, 0.717) is 5.19 Å². The lowest BCUT2D eigenvalue weighted by molar-refractivity contribution is 0.250. The van der Waals surface area contributed by atoms with Crippen molar-refractivity contribution in [1.82, 2.24) is 9.88 Å². The Kier molecular flexibility index (Phi) is 5.29. The topological polar surface area (TPSA) is 51.0 Å². The highest BCUT2D eigenvalue weighted by molar-refractivity contribution is 7.11. The summed E-state index contributed by atoms with van der Waals surface area (Å²) in [5.41, 5.74) is 3.30. The second-order valence-electron chi connectivity index (χ2n) is 7.28. The highest BCUT2D eigenvalue weighted by Gasteiger charge is 2.19. The molecule has 0 bridgehead atoms. The molecule has 0 atom stereocenters. The number of aromatic nitrogens is 1. The van der Waals surface area contributed by atoms with Gasteiger partial charge in [-0.2, -0.15) is 0 Å². The molecule has 7 heteroatoms. The van der Waals surface area contributed by atoms with Crippen molar-refractivity contribution in [2.75, 3.05) is 38.2 Å². The second kappa shape index (κ2) is 8.38. The number of hydrogen-bond acceptors (Lipinski definition) is 7. The first kappa shape index (κ1) is 19.0. The molecule has 6 nitrogen and oxygen atoms in total. The summed E-state index contributed by atoms with van der Waals surface area (Å²) >= 11 is 1.47. The molecule has 154 valence electrons. The summed E-state index contributed by atoms with van der Waals surface area (Å²) in [4.78, 5) is 9.06. The van der Waals surface area contributed by atoms with E-state index in [-0.39, 0.29) is 0 Å². The standard InChI is InChI=1S/C23H23N3O3S/c1-27-19-4-2-18(3-5-19)26-11-9-25(10-12-26)15-17-16-28-22-14-20(6-7-21(17)22)29-23-24-8-13-30-23/h2-8,13-14,16H,9-12,15H2,1H3.